The summed E-state index contributed by atoms with van der Waals surface area (Å²) in [5, 5.41) is 10.8. The largest absolute Gasteiger partial charge is 0.310 e. The van der Waals surface area contributed by atoms with Crippen molar-refractivity contribution < 1.29 is 0 Å². The van der Waals surface area contributed by atoms with E-state index in [0.29, 0.717) is 0 Å². The third kappa shape index (κ3) is 2.53. The van der Waals surface area contributed by atoms with Gasteiger partial charge in [0.1, 0.15) is 0 Å². The van der Waals surface area contributed by atoms with Crippen LogP contribution in [-0.2, 0) is 6.54 Å². The predicted molar refractivity (Wildman–Crippen MR) is 81.7 cm³/mol. The van der Waals surface area contributed by atoms with Crippen LogP contribution >= 0.6 is 11.3 Å². The third-order valence-corrected chi connectivity index (χ3v) is 5.52. The highest BCUT2D eigenvalue weighted by atomic mass is 32.1. The van der Waals surface area contributed by atoms with Gasteiger partial charge in [0.25, 0.3) is 0 Å². The van der Waals surface area contributed by atoms with Crippen LogP contribution in [-0.4, -0.2) is 40.3 Å². The molecule has 0 unspecified atom stereocenters. The Morgan fingerprint density at radius 1 is 1.20 bits per heavy atom. The molecule has 20 heavy (non-hydrogen) atoms. The van der Waals surface area contributed by atoms with Crippen LogP contribution < -0.4 is 5.32 Å². The Kier molecular flexibility index (Phi) is 3.34. The summed E-state index contributed by atoms with van der Waals surface area (Å²) in [6.07, 6.45) is 5.84. The number of likely N-dealkylation sites (tertiary alicyclic amines) is 1. The van der Waals surface area contributed by atoms with Crippen LogP contribution in [0.1, 0.15) is 24.1 Å². The zero-order valence-electron chi connectivity index (χ0n) is 11.5. The Hall–Kier alpha value is -1.17. The van der Waals surface area contributed by atoms with Crippen LogP contribution in [0.15, 0.2) is 24.4 Å². The Labute approximate surface area is 123 Å². The van der Waals surface area contributed by atoms with Gasteiger partial charge in [-0.25, -0.2) is 0 Å². The van der Waals surface area contributed by atoms with Crippen molar-refractivity contribution >= 4 is 11.3 Å². The fourth-order valence-electron chi connectivity index (χ4n) is 3.38. The molecule has 2 fully saturated rings. The molecule has 4 rings (SSSR count). The maximum absolute atomic E-state index is 4.02. The fourth-order valence-corrected chi connectivity index (χ4v) is 4.41. The van der Waals surface area contributed by atoms with Crippen molar-refractivity contribution in [2.45, 2.75) is 37.9 Å². The van der Waals surface area contributed by atoms with Gasteiger partial charge in [-0.2, -0.15) is 5.10 Å². The lowest BCUT2D eigenvalue weighted by atomic mass is 10.1. The summed E-state index contributed by atoms with van der Waals surface area (Å²) in [6.45, 7) is 3.52. The predicted octanol–water partition coefficient (Wildman–Crippen LogP) is 2.46. The van der Waals surface area contributed by atoms with Crippen LogP contribution in [0.5, 0.6) is 0 Å². The molecule has 4 heterocycles. The monoisotopic (exact) mass is 288 g/mol. The molecule has 2 bridgehead atoms. The number of hydrogen-bond acceptors (Lipinski definition) is 4. The summed E-state index contributed by atoms with van der Waals surface area (Å²) < 4.78 is 0. The molecule has 2 aliphatic heterocycles. The fraction of sp³-hybridized carbons (Fsp3) is 0.533. The average Bonchev–Trinajstić information content (AvgIpc) is 3.13. The summed E-state index contributed by atoms with van der Waals surface area (Å²) in [6, 6.07) is 7.99. The van der Waals surface area contributed by atoms with E-state index in [2.05, 4.69) is 32.5 Å². The Balaban J connectivity index is 1.44. The molecule has 2 N–H and O–H groups in total. The van der Waals surface area contributed by atoms with Crippen molar-refractivity contribution in [1.29, 1.82) is 0 Å². The first kappa shape index (κ1) is 12.6. The SMILES string of the molecule is c1cc(-c2ccc(CN3CC[C@H]4CC[C@@H](C3)N4)s2)[nH]n1. The van der Waals surface area contributed by atoms with Gasteiger partial charge < -0.3 is 5.32 Å². The van der Waals surface area contributed by atoms with E-state index in [-0.39, 0.29) is 0 Å². The van der Waals surface area contributed by atoms with Gasteiger partial charge in [-0.15, -0.1) is 11.3 Å². The summed E-state index contributed by atoms with van der Waals surface area (Å²) in [4.78, 5) is 5.35. The van der Waals surface area contributed by atoms with Crippen molar-refractivity contribution in [3.63, 3.8) is 0 Å². The van der Waals surface area contributed by atoms with E-state index in [1.807, 2.05) is 23.6 Å². The molecule has 2 aromatic rings. The lowest BCUT2D eigenvalue weighted by molar-refractivity contribution is 0.253. The van der Waals surface area contributed by atoms with Crippen molar-refractivity contribution in [3.8, 4) is 10.6 Å². The van der Waals surface area contributed by atoms with Gasteiger partial charge in [-0.3, -0.25) is 10.00 Å². The molecule has 106 valence electrons. The second-order valence-electron chi connectivity index (χ2n) is 5.90. The van der Waals surface area contributed by atoms with Crippen molar-refractivity contribution in [1.82, 2.24) is 20.4 Å². The van der Waals surface area contributed by atoms with Gasteiger partial charge in [0.2, 0.25) is 0 Å². The highest BCUT2D eigenvalue weighted by Gasteiger charge is 2.29. The maximum Gasteiger partial charge on any atom is 0.0749 e. The van der Waals surface area contributed by atoms with Crippen LogP contribution in [0.2, 0.25) is 0 Å². The number of thiophene rings is 1. The Morgan fingerprint density at radius 3 is 3.05 bits per heavy atom. The third-order valence-electron chi connectivity index (χ3n) is 4.41. The lowest BCUT2D eigenvalue weighted by Gasteiger charge is -2.23. The quantitative estimate of drug-likeness (QED) is 0.912. The van der Waals surface area contributed by atoms with E-state index < -0.39 is 0 Å². The van der Waals surface area contributed by atoms with Gasteiger partial charge in [-0.1, -0.05) is 0 Å². The number of rotatable bonds is 3. The molecular weight excluding hydrogens is 268 g/mol. The second-order valence-corrected chi connectivity index (χ2v) is 7.07. The number of H-pyrrole nitrogens is 1. The zero-order valence-corrected chi connectivity index (χ0v) is 12.3. The van der Waals surface area contributed by atoms with E-state index in [4.69, 9.17) is 0 Å². The van der Waals surface area contributed by atoms with Crippen molar-refractivity contribution in [2.24, 2.45) is 0 Å². The highest BCUT2D eigenvalue weighted by Crippen LogP contribution is 2.28. The minimum atomic E-state index is 0.717. The van der Waals surface area contributed by atoms with E-state index in [9.17, 15) is 0 Å². The number of hydrogen-bond donors (Lipinski definition) is 2. The normalized spacial score (nSPS) is 26.8. The molecule has 4 nitrogen and oxygen atoms in total. The summed E-state index contributed by atoms with van der Waals surface area (Å²) in [5.41, 5.74) is 1.12. The topological polar surface area (TPSA) is 44.0 Å². The molecule has 0 amide bonds. The molecule has 2 aliphatic rings. The summed E-state index contributed by atoms with van der Waals surface area (Å²) in [7, 11) is 0. The Bertz CT molecular complexity index is 562. The first-order valence-corrected chi connectivity index (χ1v) is 8.25. The average molecular weight is 288 g/mol. The van der Waals surface area contributed by atoms with Crippen LogP contribution in [0.3, 0.4) is 0 Å². The van der Waals surface area contributed by atoms with Crippen molar-refractivity contribution in [3.05, 3.63) is 29.3 Å². The highest BCUT2D eigenvalue weighted by molar-refractivity contribution is 7.15. The molecular formula is C15H20N4S. The molecule has 0 saturated carbocycles. The molecule has 2 saturated heterocycles. The van der Waals surface area contributed by atoms with Crippen LogP contribution in [0.25, 0.3) is 10.6 Å². The first-order valence-electron chi connectivity index (χ1n) is 7.44. The van der Waals surface area contributed by atoms with Crippen LogP contribution in [0, 0.1) is 0 Å². The minimum Gasteiger partial charge on any atom is -0.310 e. The van der Waals surface area contributed by atoms with E-state index >= 15 is 0 Å². The smallest absolute Gasteiger partial charge is 0.0749 e. The zero-order chi connectivity index (χ0) is 13.4. The lowest BCUT2D eigenvalue weighted by Crippen LogP contribution is -2.34. The molecule has 0 aliphatic carbocycles. The first-order chi connectivity index (χ1) is 9.87. The number of fused-ring (bicyclic) bond motifs is 2. The van der Waals surface area contributed by atoms with E-state index in [0.717, 1.165) is 24.3 Å². The van der Waals surface area contributed by atoms with E-state index in [1.54, 1.807) is 0 Å². The number of aromatic amines is 1. The molecule has 5 heteroatoms. The molecule has 0 radical (unpaired) electrons. The van der Waals surface area contributed by atoms with Crippen molar-refractivity contribution in [2.75, 3.05) is 13.1 Å². The summed E-state index contributed by atoms with van der Waals surface area (Å²) >= 11 is 1.88. The van der Waals surface area contributed by atoms with Gasteiger partial charge in [0.05, 0.1) is 10.6 Å². The summed E-state index contributed by atoms with van der Waals surface area (Å²) in [5.74, 6) is 0. The molecule has 0 spiro atoms. The molecule has 2 aromatic heterocycles. The second kappa shape index (κ2) is 5.31. The number of nitrogens with one attached hydrogen (secondary N) is 2. The van der Waals surface area contributed by atoms with Gasteiger partial charge in [0, 0.05) is 42.8 Å². The number of aromatic nitrogens is 2. The van der Waals surface area contributed by atoms with Gasteiger partial charge >= 0.3 is 0 Å². The van der Waals surface area contributed by atoms with E-state index in [1.165, 1.54) is 42.1 Å². The minimum absolute atomic E-state index is 0.717. The van der Waals surface area contributed by atoms with Gasteiger partial charge in [-0.05, 0) is 37.5 Å². The van der Waals surface area contributed by atoms with Crippen LogP contribution in [0.4, 0.5) is 0 Å². The standard InChI is InChI=1S/C15H20N4S/c1-2-12-9-19(8-6-11(1)17-12)10-13-3-4-15(20-13)14-5-7-16-18-14/h3-5,7,11-12,17H,1-2,6,8-10H2,(H,16,18)/t11-,12+/m1/s1. The Morgan fingerprint density at radius 2 is 2.15 bits per heavy atom. The van der Waals surface area contributed by atoms with Gasteiger partial charge in [0.15, 0.2) is 0 Å². The molecule has 0 aromatic carbocycles. The maximum atomic E-state index is 4.02. The number of nitrogens with zero attached hydrogens (tertiary/aromatic N) is 2. The molecule has 2 atom stereocenters.